The minimum Gasteiger partial charge on any atom is -0.334 e. The standard InChI is InChI=1S/C16H20N4O3S/c1-24(22,23)18-9-12-5-6-13(11-18)19(10-12)16(21)14-8-17-20-7-3-2-4-15(14)20/h2-4,7-8,12-13H,5-6,9-11H2,1H3. The molecule has 3 saturated heterocycles. The molecule has 7 nitrogen and oxygen atoms in total. The molecule has 5 rings (SSSR count). The normalized spacial score (nSPS) is 25.1. The predicted octanol–water partition coefficient (Wildman–Crippen LogP) is 0.830. The lowest BCUT2D eigenvalue weighted by Crippen LogP contribution is -2.47. The van der Waals surface area contributed by atoms with Crippen LogP contribution in [0, 0.1) is 5.92 Å². The van der Waals surface area contributed by atoms with Gasteiger partial charge in [0.25, 0.3) is 5.91 Å². The van der Waals surface area contributed by atoms with E-state index in [0.717, 1.165) is 18.4 Å². The Morgan fingerprint density at radius 1 is 1.21 bits per heavy atom. The molecule has 2 aromatic rings. The summed E-state index contributed by atoms with van der Waals surface area (Å²) < 4.78 is 27.1. The summed E-state index contributed by atoms with van der Waals surface area (Å²) in [4.78, 5) is 14.9. The van der Waals surface area contributed by atoms with Gasteiger partial charge in [0, 0.05) is 31.9 Å². The van der Waals surface area contributed by atoms with Crippen LogP contribution >= 0.6 is 0 Å². The number of aromatic nitrogens is 2. The Morgan fingerprint density at radius 3 is 2.83 bits per heavy atom. The van der Waals surface area contributed by atoms with Crippen LogP contribution in [0.4, 0.5) is 0 Å². The highest BCUT2D eigenvalue weighted by Crippen LogP contribution is 2.30. The van der Waals surface area contributed by atoms with Gasteiger partial charge in [0.15, 0.2) is 0 Å². The van der Waals surface area contributed by atoms with Crippen LogP contribution in [0.25, 0.3) is 5.52 Å². The van der Waals surface area contributed by atoms with E-state index in [0.29, 0.717) is 25.2 Å². The number of amides is 1. The fraction of sp³-hybridized carbons (Fsp3) is 0.500. The fourth-order valence-electron chi connectivity index (χ4n) is 3.81. The molecule has 0 aromatic carbocycles. The molecule has 2 bridgehead atoms. The largest absolute Gasteiger partial charge is 0.334 e. The molecule has 0 aliphatic carbocycles. The summed E-state index contributed by atoms with van der Waals surface area (Å²) in [6, 6.07) is 5.56. The third-order valence-electron chi connectivity index (χ3n) is 5.07. The Labute approximate surface area is 140 Å². The average Bonchev–Trinajstić information content (AvgIpc) is 2.74. The molecule has 3 aliphatic rings. The molecule has 3 aliphatic heterocycles. The van der Waals surface area contributed by atoms with Crippen molar-refractivity contribution in [1.82, 2.24) is 18.8 Å². The van der Waals surface area contributed by atoms with Gasteiger partial charge in [0.05, 0.1) is 23.5 Å². The van der Waals surface area contributed by atoms with E-state index in [-0.39, 0.29) is 17.9 Å². The second kappa shape index (κ2) is 5.56. The minimum absolute atomic E-state index is 0.0544. The highest BCUT2D eigenvalue weighted by molar-refractivity contribution is 7.88. The number of rotatable bonds is 2. The number of fused-ring (bicyclic) bond motifs is 5. The van der Waals surface area contributed by atoms with Crippen LogP contribution in [0.5, 0.6) is 0 Å². The van der Waals surface area contributed by atoms with Gasteiger partial charge in [-0.05, 0) is 30.9 Å². The highest BCUT2D eigenvalue weighted by atomic mass is 32.2. The first-order chi connectivity index (χ1) is 11.4. The third-order valence-corrected chi connectivity index (χ3v) is 6.30. The zero-order valence-electron chi connectivity index (χ0n) is 13.5. The van der Waals surface area contributed by atoms with E-state index >= 15 is 0 Å². The van der Waals surface area contributed by atoms with Crippen molar-refractivity contribution in [2.24, 2.45) is 5.92 Å². The van der Waals surface area contributed by atoms with Gasteiger partial charge < -0.3 is 4.90 Å². The van der Waals surface area contributed by atoms with E-state index in [2.05, 4.69) is 5.10 Å². The van der Waals surface area contributed by atoms with E-state index in [4.69, 9.17) is 0 Å². The Bertz CT molecular complexity index is 892. The number of carbonyl (C=O) groups is 1. The van der Waals surface area contributed by atoms with Crippen molar-refractivity contribution in [1.29, 1.82) is 0 Å². The van der Waals surface area contributed by atoms with Gasteiger partial charge in [-0.1, -0.05) is 6.07 Å². The molecule has 2 atom stereocenters. The second-order valence-corrected chi connectivity index (χ2v) is 8.71. The SMILES string of the molecule is CS(=O)(=O)N1CC2CCC(C1)N(C(=O)c1cnn3ccccc13)C2. The molecule has 24 heavy (non-hydrogen) atoms. The summed E-state index contributed by atoms with van der Waals surface area (Å²) in [5, 5.41) is 4.24. The first-order valence-corrected chi connectivity index (χ1v) is 9.97. The average molecular weight is 348 g/mol. The molecule has 128 valence electrons. The van der Waals surface area contributed by atoms with Gasteiger partial charge in [-0.3, -0.25) is 4.79 Å². The van der Waals surface area contributed by atoms with E-state index in [1.165, 1.54) is 10.6 Å². The van der Waals surface area contributed by atoms with Crippen LogP contribution < -0.4 is 0 Å². The van der Waals surface area contributed by atoms with Crippen LogP contribution in [-0.2, 0) is 10.0 Å². The van der Waals surface area contributed by atoms with E-state index in [1.54, 1.807) is 10.7 Å². The van der Waals surface area contributed by atoms with Crippen molar-refractivity contribution in [3.8, 4) is 0 Å². The maximum Gasteiger partial charge on any atom is 0.257 e. The summed E-state index contributed by atoms with van der Waals surface area (Å²) >= 11 is 0. The van der Waals surface area contributed by atoms with Crippen molar-refractivity contribution in [3.05, 3.63) is 36.2 Å². The molecule has 0 spiro atoms. The maximum atomic E-state index is 13.1. The number of hydrogen-bond donors (Lipinski definition) is 0. The van der Waals surface area contributed by atoms with E-state index in [9.17, 15) is 13.2 Å². The quantitative estimate of drug-likeness (QED) is 0.806. The second-order valence-electron chi connectivity index (χ2n) is 6.72. The van der Waals surface area contributed by atoms with Gasteiger partial charge in [0.1, 0.15) is 0 Å². The van der Waals surface area contributed by atoms with Crippen LogP contribution in [0.1, 0.15) is 23.2 Å². The Morgan fingerprint density at radius 2 is 2.04 bits per heavy atom. The lowest BCUT2D eigenvalue weighted by Gasteiger charge is -2.36. The molecule has 2 aromatic heterocycles. The number of sulfonamides is 1. The summed E-state index contributed by atoms with van der Waals surface area (Å²) in [6.07, 6.45) is 6.47. The Kier molecular flexibility index (Phi) is 3.61. The number of carbonyl (C=O) groups excluding carboxylic acids is 1. The molecule has 0 saturated carbocycles. The molecule has 8 heteroatoms. The summed E-state index contributed by atoms with van der Waals surface area (Å²) in [6.45, 7) is 1.51. The topological polar surface area (TPSA) is 75.0 Å². The molecule has 5 heterocycles. The zero-order chi connectivity index (χ0) is 16.9. The molecule has 3 fully saturated rings. The van der Waals surface area contributed by atoms with Gasteiger partial charge in [-0.25, -0.2) is 12.9 Å². The minimum atomic E-state index is -3.23. The summed E-state index contributed by atoms with van der Waals surface area (Å²) in [5.41, 5.74) is 1.36. The molecular formula is C16H20N4O3S. The third kappa shape index (κ3) is 2.59. The van der Waals surface area contributed by atoms with Gasteiger partial charge >= 0.3 is 0 Å². The van der Waals surface area contributed by atoms with Crippen molar-refractivity contribution in [2.75, 3.05) is 25.9 Å². The molecular weight excluding hydrogens is 328 g/mol. The van der Waals surface area contributed by atoms with Crippen molar-refractivity contribution in [3.63, 3.8) is 0 Å². The van der Waals surface area contributed by atoms with Crippen LogP contribution in [-0.4, -0.2) is 65.1 Å². The number of nitrogens with zero attached hydrogens (tertiary/aromatic N) is 4. The van der Waals surface area contributed by atoms with Gasteiger partial charge in [-0.2, -0.15) is 9.40 Å². The maximum absolute atomic E-state index is 13.1. The van der Waals surface area contributed by atoms with E-state index in [1.807, 2.05) is 29.3 Å². The first-order valence-electron chi connectivity index (χ1n) is 8.12. The summed E-state index contributed by atoms with van der Waals surface area (Å²) in [5.74, 6) is 0.144. The molecule has 0 N–H and O–H groups in total. The smallest absolute Gasteiger partial charge is 0.257 e. The number of pyridine rings is 1. The number of hydrogen-bond acceptors (Lipinski definition) is 4. The van der Waals surface area contributed by atoms with Gasteiger partial charge in [-0.15, -0.1) is 0 Å². The fourth-order valence-corrected chi connectivity index (χ4v) is 4.74. The Hall–Kier alpha value is -1.93. The lowest BCUT2D eigenvalue weighted by atomic mass is 9.94. The molecule has 0 radical (unpaired) electrons. The van der Waals surface area contributed by atoms with Crippen LogP contribution in [0.2, 0.25) is 0 Å². The highest BCUT2D eigenvalue weighted by Gasteiger charge is 2.40. The van der Waals surface area contributed by atoms with Crippen molar-refractivity contribution >= 4 is 21.4 Å². The monoisotopic (exact) mass is 348 g/mol. The Balaban J connectivity index is 1.66. The predicted molar refractivity (Wildman–Crippen MR) is 89.2 cm³/mol. The van der Waals surface area contributed by atoms with Crippen molar-refractivity contribution in [2.45, 2.75) is 18.9 Å². The van der Waals surface area contributed by atoms with Gasteiger partial charge in [0.2, 0.25) is 10.0 Å². The summed E-state index contributed by atoms with van der Waals surface area (Å²) in [7, 11) is -3.23. The van der Waals surface area contributed by atoms with Crippen LogP contribution in [0.3, 0.4) is 0 Å². The van der Waals surface area contributed by atoms with E-state index < -0.39 is 10.0 Å². The van der Waals surface area contributed by atoms with Crippen molar-refractivity contribution < 1.29 is 13.2 Å². The zero-order valence-corrected chi connectivity index (χ0v) is 14.3. The number of piperidine rings is 1. The van der Waals surface area contributed by atoms with Crippen LogP contribution in [0.15, 0.2) is 30.6 Å². The molecule has 2 unspecified atom stereocenters. The molecule has 1 amide bonds. The first kappa shape index (κ1) is 15.6. The lowest BCUT2D eigenvalue weighted by molar-refractivity contribution is 0.0591.